The lowest BCUT2D eigenvalue weighted by molar-refractivity contribution is 0.124. The Bertz CT molecular complexity index is 778. The first-order valence-electron chi connectivity index (χ1n) is 9.76. The van der Waals surface area contributed by atoms with Gasteiger partial charge in [0.05, 0.1) is 32.8 Å². The summed E-state index contributed by atoms with van der Waals surface area (Å²) in [6.07, 6.45) is 5.97. The van der Waals surface area contributed by atoms with E-state index < -0.39 is 6.10 Å². The summed E-state index contributed by atoms with van der Waals surface area (Å²) in [4.78, 5) is 11.0. The Morgan fingerprint density at radius 2 is 1.75 bits per heavy atom. The smallest absolute Gasteiger partial charge is 0.205 e. The molecule has 1 aromatic heterocycles. The number of benzene rings is 1. The Kier molecular flexibility index (Phi) is 7.11. The van der Waals surface area contributed by atoms with Crippen LogP contribution in [0.1, 0.15) is 25.7 Å². The van der Waals surface area contributed by atoms with Crippen LogP contribution in [0.15, 0.2) is 12.4 Å². The number of β-amino-alcohol motifs (C(OH)–C–C–N with tert-alkyl or cyclic N) is 1. The number of nitrogens with one attached hydrogen (secondary N) is 1. The van der Waals surface area contributed by atoms with Gasteiger partial charge in [-0.1, -0.05) is 12.8 Å². The highest BCUT2D eigenvalue weighted by Gasteiger charge is 2.20. The van der Waals surface area contributed by atoms with E-state index in [-0.39, 0.29) is 0 Å². The van der Waals surface area contributed by atoms with Crippen molar-refractivity contribution in [3.05, 3.63) is 12.4 Å². The number of likely N-dealkylation sites (tertiary alicyclic amines) is 1. The molecule has 2 aromatic rings. The van der Waals surface area contributed by atoms with Crippen molar-refractivity contribution in [3.8, 4) is 17.2 Å². The molecule has 3 rings (SSSR count). The molecule has 8 nitrogen and oxygen atoms in total. The van der Waals surface area contributed by atoms with Gasteiger partial charge in [-0.05, 0) is 32.0 Å². The normalized spacial score (nSPS) is 16.4. The van der Waals surface area contributed by atoms with Gasteiger partial charge in [0.15, 0.2) is 11.5 Å². The van der Waals surface area contributed by atoms with Gasteiger partial charge in [0.2, 0.25) is 5.75 Å². The number of aliphatic hydroxyl groups is 1. The molecule has 1 fully saturated rings. The molecular formula is C20H30N4O4. The van der Waals surface area contributed by atoms with E-state index in [2.05, 4.69) is 20.2 Å². The van der Waals surface area contributed by atoms with Gasteiger partial charge in [0, 0.05) is 13.1 Å². The molecule has 2 heterocycles. The summed E-state index contributed by atoms with van der Waals surface area (Å²) in [5.74, 6) is 2.14. The standard InChI is InChI=1S/C20H30N4O4/c1-26-16-10-15-17(19(28-3)18(16)27-2)22-13-23-20(15)21-11-14(25)12-24-8-6-4-5-7-9-24/h10,13-14,25H,4-9,11-12H2,1-3H3,(H,21,22,23). The maximum absolute atomic E-state index is 10.5. The highest BCUT2D eigenvalue weighted by Crippen LogP contribution is 2.43. The number of ether oxygens (including phenoxy) is 3. The third-order valence-electron chi connectivity index (χ3n) is 5.11. The molecule has 8 heteroatoms. The quantitative estimate of drug-likeness (QED) is 0.710. The van der Waals surface area contributed by atoms with Gasteiger partial charge in [0.25, 0.3) is 0 Å². The number of hydrogen-bond donors (Lipinski definition) is 2. The van der Waals surface area contributed by atoms with Crippen LogP contribution in [0, 0.1) is 0 Å². The van der Waals surface area contributed by atoms with E-state index in [1.165, 1.54) is 32.0 Å². The van der Waals surface area contributed by atoms with Crippen molar-refractivity contribution < 1.29 is 19.3 Å². The lowest BCUT2D eigenvalue weighted by Crippen LogP contribution is -2.36. The van der Waals surface area contributed by atoms with Crippen LogP contribution in [0.4, 0.5) is 5.82 Å². The van der Waals surface area contributed by atoms with E-state index >= 15 is 0 Å². The van der Waals surface area contributed by atoms with Crippen molar-refractivity contribution in [1.82, 2.24) is 14.9 Å². The summed E-state index contributed by atoms with van der Waals surface area (Å²) in [6, 6.07) is 1.82. The Labute approximate surface area is 165 Å². The van der Waals surface area contributed by atoms with Crippen LogP contribution in [-0.4, -0.2) is 73.6 Å². The predicted octanol–water partition coefficient (Wildman–Crippen LogP) is 2.30. The van der Waals surface area contributed by atoms with Gasteiger partial charge >= 0.3 is 0 Å². The minimum Gasteiger partial charge on any atom is -0.493 e. The van der Waals surface area contributed by atoms with Crippen molar-refractivity contribution >= 4 is 16.7 Å². The second kappa shape index (κ2) is 9.75. The van der Waals surface area contributed by atoms with E-state index in [0.717, 1.165) is 18.5 Å². The molecule has 0 amide bonds. The molecule has 1 aliphatic rings. The highest BCUT2D eigenvalue weighted by atomic mass is 16.5. The number of aromatic nitrogens is 2. The average Bonchev–Trinajstić information content (AvgIpc) is 2.99. The monoisotopic (exact) mass is 390 g/mol. The molecule has 0 saturated carbocycles. The van der Waals surface area contributed by atoms with Crippen molar-refractivity contribution in [2.75, 3.05) is 52.8 Å². The first kappa shape index (κ1) is 20.4. The van der Waals surface area contributed by atoms with Crippen molar-refractivity contribution in [3.63, 3.8) is 0 Å². The van der Waals surface area contributed by atoms with Crippen molar-refractivity contribution in [1.29, 1.82) is 0 Å². The Hall–Kier alpha value is -2.32. The van der Waals surface area contributed by atoms with Gasteiger partial charge < -0.3 is 29.5 Å². The maximum atomic E-state index is 10.5. The fourth-order valence-corrected chi connectivity index (χ4v) is 3.70. The second-order valence-electron chi connectivity index (χ2n) is 7.01. The minimum absolute atomic E-state index is 0.402. The third kappa shape index (κ3) is 4.56. The third-order valence-corrected chi connectivity index (χ3v) is 5.11. The van der Waals surface area contributed by atoms with Gasteiger partial charge in [-0.25, -0.2) is 9.97 Å². The number of fused-ring (bicyclic) bond motifs is 1. The fourth-order valence-electron chi connectivity index (χ4n) is 3.70. The van der Waals surface area contributed by atoms with Gasteiger partial charge in [-0.3, -0.25) is 0 Å². The zero-order valence-corrected chi connectivity index (χ0v) is 16.9. The van der Waals surface area contributed by atoms with E-state index in [1.54, 1.807) is 21.3 Å². The first-order chi connectivity index (χ1) is 13.7. The number of hydrogen-bond acceptors (Lipinski definition) is 8. The molecule has 28 heavy (non-hydrogen) atoms. The van der Waals surface area contributed by atoms with Gasteiger partial charge in [0.1, 0.15) is 17.7 Å². The molecule has 1 unspecified atom stereocenters. The zero-order valence-electron chi connectivity index (χ0n) is 16.9. The fraction of sp³-hybridized carbons (Fsp3) is 0.600. The van der Waals surface area contributed by atoms with Crippen LogP contribution in [-0.2, 0) is 0 Å². The summed E-state index contributed by atoms with van der Waals surface area (Å²) in [7, 11) is 4.70. The number of anilines is 1. The highest BCUT2D eigenvalue weighted by molar-refractivity contribution is 5.96. The molecule has 1 aromatic carbocycles. The van der Waals surface area contributed by atoms with E-state index in [0.29, 0.717) is 41.7 Å². The number of rotatable bonds is 8. The zero-order chi connectivity index (χ0) is 19.9. The van der Waals surface area contributed by atoms with E-state index in [9.17, 15) is 5.11 Å². The summed E-state index contributed by atoms with van der Waals surface area (Å²) >= 11 is 0. The van der Waals surface area contributed by atoms with Crippen LogP contribution in [0.25, 0.3) is 10.9 Å². The molecule has 1 atom stereocenters. The lowest BCUT2D eigenvalue weighted by Gasteiger charge is -2.23. The van der Waals surface area contributed by atoms with Crippen LogP contribution < -0.4 is 19.5 Å². The number of methoxy groups -OCH3 is 3. The predicted molar refractivity (Wildman–Crippen MR) is 109 cm³/mol. The number of nitrogens with zero attached hydrogens (tertiary/aromatic N) is 3. The number of aliphatic hydroxyl groups excluding tert-OH is 1. The lowest BCUT2D eigenvalue weighted by atomic mass is 10.1. The molecule has 1 saturated heterocycles. The Morgan fingerprint density at radius 1 is 1.04 bits per heavy atom. The van der Waals surface area contributed by atoms with Crippen LogP contribution in [0.3, 0.4) is 0 Å². The van der Waals surface area contributed by atoms with Crippen molar-refractivity contribution in [2.45, 2.75) is 31.8 Å². The minimum atomic E-state index is -0.481. The summed E-state index contributed by atoms with van der Waals surface area (Å²) in [5.41, 5.74) is 0.625. The summed E-state index contributed by atoms with van der Waals surface area (Å²) in [5, 5.41) is 14.5. The van der Waals surface area contributed by atoms with Crippen LogP contribution in [0.2, 0.25) is 0 Å². The first-order valence-corrected chi connectivity index (χ1v) is 9.76. The molecule has 0 aliphatic carbocycles. The average molecular weight is 390 g/mol. The molecule has 2 N–H and O–H groups in total. The molecule has 0 radical (unpaired) electrons. The molecule has 1 aliphatic heterocycles. The summed E-state index contributed by atoms with van der Waals surface area (Å²) < 4.78 is 16.4. The van der Waals surface area contributed by atoms with Crippen LogP contribution >= 0.6 is 0 Å². The van der Waals surface area contributed by atoms with Crippen molar-refractivity contribution in [2.24, 2.45) is 0 Å². The topological polar surface area (TPSA) is 89.0 Å². The van der Waals surface area contributed by atoms with Gasteiger partial charge in [-0.2, -0.15) is 0 Å². The second-order valence-corrected chi connectivity index (χ2v) is 7.01. The molecule has 0 spiro atoms. The largest absolute Gasteiger partial charge is 0.493 e. The Morgan fingerprint density at radius 3 is 2.39 bits per heavy atom. The molecule has 154 valence electrons. The maximum Gasteiger partial charge on any atom is 0.205 e. The van der Waals surface area contributed by atoms with Crippen LogP contribution in [0.5, 0.6) is 17.2 Å². The van der Waals surface area contributed by atoms with Gasteiger partial charge in [-0.15, -0.1) is 0 Å². The Balaban J connectivity index is 1.77. The summed E-state index contributed by atoms with van der Waals surface area (Å²) in [6.45, 7) is 3.18. The van der Waals surface area contributed by atoms with E-state index in [4.69, 9.17) is 14.2 Å². The molecular weight excluding hydrogens is 360 g/mol. The SMILES string of the molecule is COc1cc2c(NCC(O)CN3CCCCCC3)ncnc2c(OC)c1OC. The van der Waals surface area contributed by atoms with E-state index in [1.807, 2.05) is 6.07 Å². The molecule has 0 bridgehead atoms.